The molecule has 94 valence electrons. The van der Waals surface area contributed by atoms with Gasteiger partial charge in [0.25, 0.3) is 0 Å². The number of hydrogen-bond donors (Lipinski definition) is 2. The molecule has 0 aromatic heterocycles. The van der Waals surface area contributed by atoms with E-state index in [9.17, 15) is 0 Å². The lowest BCUT2D eigenvalue weighted by atomic mass is 10.1. The van der Waals surface area contributed by atoms with Crippen molar-refractivity contribution in [2.75, 3.05) is 5.32 Å². The summed E-state index contributed by atoms with van der Waals surface area (Å²) in [5.74, 6) is 0. The number of benzene rings is 2. The summed E-state index contributed by atoms with van der Waals surface area (Å²) in [5, 5.41) is 3.47. The van der Waals surface area contributed by atoms with E-state index in [1.807, 2.05) is 0 Å². The molecule has 0 unspecified atom stereocenters. The quantitative estimate of drug-likeness (QED) is 0.860. The Labute approximate surface area is 109 Å². The van der Waals surface area contributed by atoms with E-state index in [4.69, 9.17) is 5.73 Å². The van der Waals surface area contributed by atoms with Crippen LogP contribution in [0.3, 0.4) is 0 Å². The smallest absolute Gasteiger partial charge is 0.0400 e. The lowest BCUT2D eigenvalue weighted by Gasteiger charge is -2.11. The van der Waals surface area contributed by atoms with Gasteiger partial charge in [-0.15, -0.1) is 0 Å². The molecule has 2 aromatic carbocycles. The maximum Gasteiger partial charge on any atom is 0.0400 e. The Morgan fingerprint density at radius 2 is 1.78 bits per heavy atom. The SMILES string of the molecule is Cc1ccc(NCc2cccc(CN)c2)c(C)c1. The van der Waals surface area contributed by atoms with Crippen LogP contribution in [0, 0.1) is 13.8 Å². The lowest BCUT2D eigenvalue weighted by Crippen LogP contribution is -2.03. The summed E-state index contributed by atoms with van der Waals surface area (Å²) in [4.78, 5) is 0. The summed E-state index contributed by atoms with van der Waals surface area (Å²) in [6.45, 7) is 5.67. The van der Waals surface area contributed by atoms with Gasteiger partial charge in [0, 0.05) is 18.8 Å². The van der Waals surface area contributed by atoms with Crippen LogP contribution in [0.25, 0.3) is 0 Å². The van der Waals surface area contributed by atoms with Crippen molar-refractivity contribution in [1.82, 2.24) is 0 Å². The van der Waals surface area contributed by atoms with Gasteiger partial charge in [0.1, 0.15) is 0 Å². The molecule has 0 aliphatic carbocycles. The minimum absolute atomic E-state index is 0.595. The molecule has 0 bridgehead atoms. The standard InChI is InChI=1S/C16H20N2/c1-12-6-7-16(13(2)8-12)18-11-15-5-3-4-14(9-15)10-17/h3-9,18H,10-11,17H2,1-2H3. The van der Waals surface area contributed by atoms with E-state index in [1.54, 1.807) is 0 Å². The Bertz CT molecular complexity index is 532. The molecule has 0 amide bonds. The highest BCUT2D eigenvalue weighted by Gasteiger charge is 1.99. The average Bonchev–Trinajstić information content (AvgIpc) is 2.38. The van der Waals surface area contributed by atoms with Gasteiger partial charge in [-0.25, -0.2) is 0 Å². The Hall–Kier alpha value is -1.80. The third kappa shape index (κ3) is 3.11. The molecule has 0 atom stereocenters. The molecule has 0 spiro atoms. The number of nitrogens with one attached hydrogen (secondary N) is 1. The highest BCUT2D eigenvalue weighted by molar-refractivity contribution is 5.52. The summed E-state index contributed by atoms with van der Waals surface area (Å²) in [5.41, 5.74) is 11.9. The van der Waals surface area contributed by atoms with Gasteiger partial charge in [0.05, 0.1) is 0 Å². The molecular formula is C16H20N2. The van der Waals surface area contributed by atoms with Crippen LogP contribution in [-0.4, -0.2) is 0 Å². The lowest BCUT2D eigenvalue weighted by molar-refractivity contribution is 1.05. The van der Waals surface area contributed by atoms with Gasteiger partial charge in [-0.2, -0.15) is 0 Å². The Kier molecular flexibility index (Phi) is 4.00. The molecule has 2 rings (SSSR count). The van der Waals surface area contributed by atoms with E-state index >= 15 is 0 Å². The third-order valence-electron chi connectivity index (χ3n) is 3.09. The number of aryl methyl sites for hydroxylation is 2. The zero-order valence-electron chi connectivity index (χ0n) is 11.0. The van der Waals surface area contributed by atoms with Gasteiger partial charge in [-0.3, -0.25) is 0 Å². The summed E-state index contributed by atoms with van der Waals surface area (Å²) in [6.07, 6.45) is 0. The average molecular weight is 240 g/mol. The van der Waals surface area contributed by atoms with Crippen molar-refractivity contribution < 1.29 is 0 Å². The molecule has 0 aliphatic heterocycles. The Morgan fingerprint density at radius 3 is 2.50 bits per heavy atom. The van der Waals surface area contributed by atoms with Gasteiger partial charge in [-0.1, -0.05) is 42.0 Å². The van der Waals surface area contributed by atoms with Crippen LogP contribution in [0.5, 0.6) is 0 Å². The fourth-order valence-electron chi connectivity index (χ4n) is 2.08. The van der Waals surface area contributed by atoms with E-state index in [0.29, 0.717) is 6.54 Å². The first-order valence-corrected chi connectivity index (χ1v) is 6.28. The van der Waals surface area contributed by atoms with E-state index in [-0.39, 0.29) is 0 Å². The normalized spacial score (nSPS) is 10.4. The molecule has 0 saturated heterocycles. The molecule has 0 radical (unpaired) electrons. The Balaban J connectivity index is 2.06. The first-order valence-electron chi connectivity index (χ1n) is 6.28. The van der Waals surface area contributed by atoms with Gasteiger partial charge >= 0.3 is 0 Å². The van der Waals surface area contributed by atoms with E-state index in [0.717, 1.165) is 6.54 Å². The largest absolute Gasteiger partial charge is 0.381 e. The number of rotatable bonds is 4. The van der Waals surface area contributed by atoms with Crippen molar-refractivity contribution in [1.29, 1.82) is 0 Å². The van der Waals surface area contributed by atoms with Crippen LogP contribution < -0.4 is 11.1 Å². The molecular weight excluding hydrogens is 220 g/mol. The second kappa shape index (κ2) is 5.69. The highest BCUT2D eigenvalue weighted by atomic mass is 14.9. The monoisotopic (exact) mass is 240 g/mol. The molecule has 2 nitrogen and oxygen atoms in total. The molecule has 0 aliphatic rings. The highest BCUT2D eigenvalue weighted by Crippen LogP contribution is 2.17. The van der Waals surface area contributed by atoms with Gasteiger partial charge < -0.3 is 11.1 Å². The van der Waals surface area contributed by atoms with Crippen LogP contribution in [0.2, 0.25) is 0 Å². The van der Waals surface area contributed by atoms with Crippen LogP contribution in [-0.2, 0) is 13.1 Å². The van der Waals surface area contributed by atoms with Crippen molar-refractivity contribution in [3.63, 3.8) is 0 Å². The predicted molar refractivity (Wildman–Crippen MR) is 77.6 cm³/mol. The zero-order valence-corrected chi connectivity index (χ0v) is 11.0. The maximum atomic E-state index is 5.65. The fraction of sp³-hybridized carbons (Fsp3) is 0.250. The van der Waals surface area contributed by atoms with Crippen molar-refractivity contribution in [2.45, 2.75) is 26.9 Å². The minimum atomic E-state index is 0.595. The molecule has 2 heteroatoms. The molecule has 2 aromatic rings. The van der Waals surface area contributed by atoms with Crippen LogP contribution in [0.15, 0.2) is 42.5 Å². The second-order valence-corrected chi connectivity index (χ2v) is 4.70. The molecule has 0 saturated carbocycles. The van der Waals surface area contributed by atoms with Crippen molar-refractivity contribution in [3.05, 3.63) is 64.7 Å². The van der Waals surface area contributed by atoms with Crippen molar-refractivity contribution in [2.24, 2.45) is 5.73 Å². The topological polar surface area (TPSA) is 38.0 Å². The zero-order chi connectivity index (χ0) is 13.0. The van der Waals surface area contributed by atoms with Crippen LogP contribution in [0.1, 0.15) is 22.3 Å². The predicted octanol–water partition coefficient (Wildman–Crippen LogP) is 3.37. The molecule has 18 heavy (non-hydrogen) atoms. The summed E-state index contributed by atoms with van der Waals surface area (Å²) in [7, 11) is 0. The van der Waals surface area contributed by atoms with Crippen LogP contribution >= 0.6 is 0 Å². The molecule has 0 fully saturated rings. The summed E-state index contributed by atoms with van der Waals surface area (Å²) >= 11 is 0. The van der Waals surface area contributed by atoms with Crippen molar-refractivity contribution in [3.8, 4) is 0 Å². The van der Waals surface area contributed by atoms with E-state index in [1.165, 1.54) is 27.9 Å². The fourth-order valence-corrected chi connectivity index (χ4v) is 2.08. The third-order valence-corrected chi connectivity index (χ3v) is 3.09. The van der Waals surface area contributed by atoms with Gasteiger partial charge in [0.2, 0.25) is 0 Å². The van der Waals surface area contributed by atoms with Gasteiger partial charge in [-0.05, 0) is 36.6 Å². The van der Waals surface area contributed by atoms with Crippen LogP contribution in [0.4, 0.5) is 5.69 Å². The van der Waals surface area contributed by atoms with Gasteiger partial charge in [0.15, 0.2) is 0 Å². The van der Waals surface area contributed by atoms with E-state index < -0.39 is 0 Å². The minimum Gasteiger partial charge on any atom is -0.381 e. The second-order valence-electron chi connectivity index (χ2n) is 4.70. The summed E-state index contributed by atoms with van der Waals surface area (Å²) in [6, 6.07) is 14.8. The molecule has 0 heterocycles. The number of nitrogens with two attached hydrogens (primary N) is 1. The number of anilines is 1. The first-order chi connectivity index (χ1) is 8.69. The van der Waals surface area contributed by atoms with E-state index in [2.05, 4.69) is 61.6 Å². The maximum absolute atomic E-state index is 5.65. The Morgan fingerprint density at radius 1 is 1.00 bits per heavy atom. The number of hydrogen-bond acceptors (Lipinski definition) is 2. The van der Waals surface area contributed by atoms with Crippen molar-refractivity contribution >= 4 is 5.69 Å². The molecule has 3 N–H and O–H groups in total. The summed E-state index contributed by atoms with van der Waals surface area (Å²) < 4.78 is 0. The first kappa shape index (κ1) is 12.7.